The molecule has 1 N–H and O–H groups in total. The van der Waals surface area contributed by atoms with Crippen molar-refractivity contribution in [2.45, 2.75) is 51.9 Å². The number of rotatable bonds is 10. The minimum absolute atomic E-state index is 0.0577. The molecule has 3 heteroatoms. The summed E-state index contributed by atoms with van der Waals surface area (Å²) in [5.41, 5.74) is 0.729. The Kier molecular flexibility index (Phi) is 8.36. The molecule has 0 heterocycles. The van der Waals surface area contributed by atoms with Gasteiger partial charge in [0.25, 0.3) is 0 Å². The average molecular weight is 275 g/mol. The van der Waals surface area contributed by atoms with E-state index in [-0.39, 0.29) is 11.7 Å². The maximum atomic E-state index is 11.8. The Bertz CT molecular complexity index is 401. The number of Topliss-reactive ketones (excluding diaryl/α,β-unsaturated/α-hetero) is 1. The Hall–Kier alpha value is -1.64. The molecule has 1 aromatic rings. The molecule has 0 aliphatic rings. The lowest BCUT2D eigenvalue weighted by molar-refractivity contribution is -0.121. The molecule has 20 heavy (non-hydrogen) atoms. The Morgan fingerprint density at radius 1 is 0.950 bits per heavy atom. The van der Waals surface area contributed by atoms with Crippen molar-refractivity contribution in [1.82, 2.24) is 5.32 Å². The van der Waals surface area contributed by atoms with Crippen LogP contribution in [-0.2, 0) is 4.79 Å². The molecule has 0 spiro atoms. The average Bonchev–Trinajstić information content (AvgIpc) is 2.48. The van der Waals surface area contributed by atoms with Crippen LogP contribution >= 0.6 is 0 Å². The number of amides is 1. The molecule has 1 rings (SSSR count). The van der Waals surface area contributed by atoms with Crippen LogP contribution in [0.15, 0.2) is 30.3 Å². The molecule has 0 bridgehead atoms. The van der Waals surface area contributed by atoms with Gasteiger partial charge in [0.05, 0.1) is 0 Å². The zero-order chi connectivity index (χ0) is 14.6. The van der Waals surface area contributed by atoms with Crippen molar-refractivity contribution in [1.29, 1.82) is 0 Å². The molecule has 110 valence electrons. The second-order valence-corrected chi connectivity index (χ2v) is 5.05. The number of benzene rings is 1. The number of nitrogens with one attached hydrogen (secondary N) is 1. The zero-order valence-corrected chi connectivity index (χ0v) is 12.4. The van der Waals surface area contributed by atoms with Crippen molar-refractivity contribution in [3.05, 3.63) is 35.9 Å². The molecule has 0 saturated heterocycles. The van der Waals surface area contributed by atoms with Crippen LogP contribution in [-0.4, -0.2) is 18.2 Å². The molecule has 0 radical (unpaired) electrons. The monoisotopic (exact) mass is 275 g/mol. The first-order valence-electron chi connectivity index (χ1n) is 7.59. The van der Waals surface area contributed by atoms with E-state index in [9.17, 15) is 9.59 Å². The second kappa shape index (κ2) is 10.2. The van der Waals surface area contributed by atoms with E-state index in [0.717, 1.165) is 18.5 Å². The van der Waals surface area contributed by atoms with Crippen molar-refractivity contribution >= 4 is 11.7 Å². The van der Waals surface area contributed by atoms with Gasteiger partial charge in [0.2, 0.25) is 5.91 Å². The van der Waals surface area contributed by atoms with Crippen molar-refractivity contribution < 1.29 is 9.59 Å². The van der Waals surface area contributed by atoms with Gasteiger partial charge in [-0.25, -0.2) is 0 Å². The third-order valence-corrected chi connectivity index (χ3v) is 3.26. The maximum absolute atomic E-state index is 11.8. The number of hydrogen-bond acceptors (Lipinski definition) is 2. The zero-order valence-electron chi connectivity index (χ0n) is 12.4. The molecule has 3 nitrogen and oxygen atoms in total. The van der Waals surface area contributed by atoms with Gasteiger partial charge in [0, 0.05) is 24.9 Å². The Balaban J connectivity index is 2.08. The summed E-state index contributed by atoms with van der Waals surface area (Å²) in [6.07, 6.45) is 6.14. The van der Waals surface area contributed by atoms with E-state index in [1.807, 2.05) is 30.3 Å². The lowest BCUT2D eigenvalue weighted by Crippen LogP contribution is -2.24. The summed E-state index contributed by atoms with van der Waals surface area (Å²) in [6.45, 7) is 2.92. The van der Waals surface area contributed by atoms with E-state index in [2.05, 4.69) is 12.2 Å². The molecule has 0 fully saturated rings. The van der Waals surface area contributed by atoms with Crippen LogP contribution in [0.2, 0.25) is 0 Å². The van der Waals surface area contributed by atoms with E-state index < -0.39 is 0 Å². The first-order chi connectivity index (χ1) is 9.74. The van der Waals surface area contributed by atoms with Crippen LogP contribution in [0.5, 0.6) is 0 Å². The highest BCUT2D eigenvalue weighted by Crippen LogP contribution is 2.06. The van der Waals surface area contributed by atoms with Crippen molar-refractivity contribution in [2.75, 3.05) is 6.54 Å². The first kappa shape index (κ1) is 16.4. The summed E-state index contributed by atoms with van der Waals surface area (Å²) in [4.78, 5) is 23.4. The van der Waals surface area contributed by atoms with E-state index in [1.165, 1.54) is 19.3 Å². The van der Waals surface area contributed by atoms with Crippen molar-refractivity contribution in [3.63, 3.8) is 0 Å². The number of ketones is 1. The molecule has 1 aromatic carbocycles. The van der Waals surface area contributed by atoms with E-state index >= 15 is 0 Å². The maximum Gasteiger partial charge on any atom is 0.220 e. The summed E-state index contributed by atoms with van der Waals surface area (Å²) in [6, 6.07) is 9.24. The van der Waals surface area contributed by atoms with E-state index in [1.54, 1.807) is 0 Å². The summed E-state index contributed by atoms with van der Waals surface area (Å²) in [5.74, 6) is 0.170. The molecule has 0 aromatic heterocycles. The molecule has 0 saturated carbocycles. The van der Waals surface area contributed by atoms with Gasteiger partial charge in [-0.15, -0.1) is 0 Å². The standard InChI is InChI=1S/C17H25NO2/c1-2-3-4-8-14-18-17(20)13-9-12-16(19)15-10-6-5-7-11-15/h5-7,10-11H,2-4,8-9,12-14H2,1H3,(H,18,20). The quantitative estimate of drug-likeness (QED) is 0.522. The topological polar surface area (TPSA) is 46.2 Å². The van der Waals surface area contributed by atoms with Gasteiger partial charge in [-0.05, 0) is 12.8 Å². The Labute approximate surface area is 121 Å². The predicted octanol–water partition coefficient (Wildman–Crippen LogP) is 3.74. The van der Waals surface area contributed by atoms with Gasteiger partial charge in [0.15, 0.2) is 5.78 Å². The summed E-state index contributed by atoms with van der Waals surface area (Å²) in [7, 11) is 0. The lowest BCUT2D eigenvalue weighted by atomic mass is 10.1. The smallest absolute Gasteiger partial charge is 0.220 e. The van der Waals surface area contributed by atoms with Gasteiger partial charge >= 0.3 is 0 Å². The van der Waals surface area contributed by atoms with Crippen LogP contribution in [0, 0.1) is 0 Å². The Morgan fingerprint density at radius 2 is 1.70 bits per heavy atom. The van der Waals surface area contributed by atoms with Gasteiger partial charge in [-0.1, -0.05) is 56.5 Å². The SMILES string of the molecule is CCCCCCNC(=O)CCCC(=O)c1ccccc1. The second-order valence-electron chi connectivity index (χ2n) is 5.05. The molecule has 0 aliphatic carbocycles. The van der Waals surface area contributed by atoms with Gasteiger partial charge in [-0.3, -0.25) is 9.59 Å². The third-order valence-electron chi connectivity index (χ3n) is 3.26. The van der Waals surface area contributed by atoms with Crippen molar-refractivity contribution in [2.24, 2.45) is 0 Å². The molecular formula is C17H25NO2. The van der Waals surface area contributed by atoms with E-state index in [4.69, 9.17) is 0 Å². The van der Waals surface area contributed by atoms with Crippen LogP contribution in [0.25, 0.3) is 0 Å². The van der Waals surface area contributed by atoms with Gasteiger partial charge in [0.1, 0.15) is 0 Å². The summed E-state index contributed by atoms with van der Waals surface area (Å²) in [5, 5.41) is 2.90. The highest BCUT2D eigenvalue weighted by molar-refractivity contribution is 5.96. The fraction of sp³-hybridized carbons (Fsp3) is 0.529. The number of hydrogen-bond donors (Lipinski definition) is 1. The summed E-state index contributed by atoms with van der Waals surface area (Å²) >= 11 is 0. The molecule has 1 amide bonds. The molecular weight excluding hydrogens is 250 g/mol. The highest BCUT2D eigenvalue weighted by atomic mass is 16.1. The third kappa shape index (κ3) is 7.07. The molecule has 0 atom stereocenters. The van der Waals surface area contributed by atoms with Crippen molar-refractivity contribution in [3.8, 4) is 0 Å². The fourth-order valence-electron chi connectivity index (χ4n) is 2.05. The van der Waals surface area contributed by atoms with Crippen LogP contribution in [0.3, 0.4) is 0 Å². The van der Waals surface area contributed by atoms with Crippen LogP contribution in [0.1, 0.15) is 62.2 Å². The minimum Gasteiger partial charge on any atom is -0.356 e. The number of carbonyl (C=O) groups excluding carboxylic acids is 2. The molecule has 0 unspecified atom stereocenters. The predicted molar refractivity (Wildman–Crippen MR) is 81.8 cm³/mol. The van der Waals surface area contributed by atoms with Crippen LogP contribution in [0.4, 0.5) is 0 Å². The Morgan fingerprint density at radius 3 is 2.40 bits per heavy atom. The molecule has 0 aliphatic heterocycles. The summed E-state index contributed by atoms with van der Waals surface area (Å²) < 4.78 is 0. The minimum atomic E-state index is 0.0577. The lowest BCUT2D eigenvalue weighted by Gasteiger charge is -2.05. The number of unbranched alkanes of at least 4 members (excludes halogenated alkanes) is 3. The fourth-order valence-corrected chi connectivity index (χ4v) is 2.05. The van der Waals surface area contributed by atoms with E-state index in [0.29, 0.717) is 19.3 Å². The van der Waals surface area contributed by atoms with Gasteiger partial charge < -0.3 is 5.32 Å². The normalized spacial score (nSPS) is 10.2. The first-order valence-corrected chi connectivity index (χ1v) is 7.59. The highest BCUT2D eigenvalue weighted by Gasteiger charge is 2.06. The largest absolute Gasteiger partial charge is 0.356 e. The number of carbonyl (C=O) groups is 2. The van der Waals surface area contributed by atoms with Gasteiger partial charge in [-0.2, -0.15) is 0 Å². The van der Waals surface area contributed by atoms with Crippen LogP contribution < -0.4 is 5.32 Å².